The average Bonchev–Trinajstić information content (AvgIpc) is 1.86. The Kier molecular flexibility index (Phi) is 3.52. The van der Waals surface area contributed by atoms with Crippen LogP contribution in [-0.2, 0) is 4.79 Å². The van der Waals surface area contributed by atoms with Crippen molar-refractivity contribution in [2.24, 2.45) is 5.41 Å². The van der Waals surface area contributed by atoms with Crippen molar-refractivity contribution in [3.63, 3.8) is 0 Å². The van der Waals surface area contributed by atoms with Gasteiger partial charge in [0, 0.05) is 11.3 Å². The summed E-state index contributed by atoms with van der Waals surface area (Å²) in [6.45, 7) is 3.71. The molecular formula is C6H10Cl2O. The van der Waals surface area contributed by atoms with E-state index in [9.17, 15) is 4.79 Å². The number of carbonyl (C=O) groups excluding carboxylic acids is 1. The maximum atomic E-state index is 10.1. The molecule has 0 amide bonds. The summed E-state index contributed by atoms with van der Waals surface area (Å²) in [5.41, 5.74) is -0.287. The first-order valence-electron chi connectivity index (χ1n) is 2.70. The summed E-state index contributed by atoms with van der Waals surface area (Å²) in [6, 6.07) is 0. The molecule has 0 N–H and O–H groups in total. The van der Waals surface area contributed by atoms with Gasteiger partial charge in [0.25, 0.3) is 0 Å². The zero-order valence-corrected chi connectivity index (χ0v) is 7.04. The first-order valence-corrected chi connectivity index (χ1v) is 3.67. The number of aldehydes is 1. The van der Waals surface area contributed by atoms with Crippen LogP contribution in [0.25, 0.3) is 0 Å². The lowest BCUT2D eigenvalue weighted by Gasteiger charge is -2.22. The van der Waals surface area contributed by atoms with E-state index in [0.29, 0.717) is 12.2 Å². The Morgan fingerprint density at radius 2 is 2.11 bits per heavy atom. The highest BCUT2D eigenvalue weighted by atomic mass is 35.5. The molecule has 0 bridgehead atoms. The Labute approximate surface area is 65.3 Å². The first-order chi connectivity index (χ1) is 4.04. The lowest BCUT2D eigenvalue weighted by atomic mass is 9.92. The van der Waals surface area contributed by atoms with Crippen molar-refractivity contribution in [2.45, 2.75) is 19.2 Å². The van der Waals surface area contributed by atoms with Crippen LogP contribution in [0, 0.1) is 5.41 Å². The Hall–Kier alpha value is 0.250. The van der Waals surface area contributed by atoms with E-state index in [1.54, 1.807) is 0 Å². The second-order valence-corrected chi connectivity index (χ2v) is 3.40. The van der Waals surface area contributed by atoms with Gasteiger partial charge in [-0.3, -0.25) is 0 Å². The van der Waals surface area contributed by atoms with Gasteiger partial charge in [0.15, 0.2) is 0 Å². The van der Waals surface area contributed by atoms with E-state index < -0.39 is 5.38 Å². The molecule has 0 spiro atoms. The molecule has 3 heteroatoms. The molecular weight excluding hydrogens is 159 g/mol. The molecule has 0 saturated heterocycles. The van der Waals surface area contributed by atoms with Gasteiger partial charge in [-0.2, -0.15) is 0 Å². The van der Waals surface area contributed by atoms with Crippen LogP contribution in [0.2, 0.25) is 0 Å². The molecule has 0 aliphatic carbocycles. The van der Waals surface area contributed by atoms with Gasteiger partial charge in [0.05, 0.1) is 5.38 Å². The second kappa shape index (κ2) is 3.43. The third-order valence-electron chi connectivity index (χ3n) is 1.21. The molecule has 54 valence electrons. The highest BCUT2D eigenvalue weighted by Crippen LogP contribution is 2.24. The number of carbonyl (C=O) groups is 1. The van der Waals surface area contributed by atoms with E-state index in [-0.39, 0.29) is 5.41 Å². The molecule has 0 saturated carbocycles. The third kappa shape index (κ3) is 2.55. The van der Waals surface area contributed by atoms with Crippen molar-refractivity contribution < 1.29 is 4.79 Å². The van der Waals surface area contributed by atoms with E-state index in [2.05, 4.69) is 0 Å². The van der Waals surface area contributed by atoms with Crippen LogP contribution in [0.4, 0.5) is 0 Å². The molecule has 0 aromatic carbocycles. The van der Waals surface area contributed by atoms with E-state index >= 15 is 0 Å². The summed E-state index contributed by atoms with van der Waals surface area (Å²) < 4.78 is 0. The molecule has 9 heavy (non-hydrogen) atoms. The molecule has 0 rings (SSSR count). The minimum absolute atomic E-state index is 0.287. The van der Waals surface area contributed by atoms with E-state index in [1.165, 1.54) is 0 Å². The standard InChI is InChI=1S/C6H10Cl2O/c1-6(2,4-7)5(8)3-9/h3,5H,4H2,1-2H3. The maximum Gasteiger partial charge on any atom is 0.138 e. The van der Waals surface area contributed by atoms with Crippen molar-refractivity contribution in [1.29, 1.82) is 0 Å². The summed E-state index contributed by atoms with van der Waals surface area (Å²) in [5.74, 6) is 0.403. The SMILES string of the molecule is CC(C)(CCl)C(Cl)C=O. The topological polar surface area (TPSA) is 17.1 Å². The summed E-state index contributed by atoms with van der Waals surface area (Å²) in [5, 5.41) is -0.477. The Morgan fingerprint density at radius 1 is 1.67 bits per heavy atom. The number of rotatable bonds is 3. The van der Waals surface area contributed by atoms with E-state index in [4.69, 9.17) is 23.2 Å². The first kappa shape index (κ1) is 9.25. The van der Waals surface area contributed by atoms with Gasteiger partial charge in [0.1, 0.15) is 6.29 Å². The molecule has 0 aromatic heterocycles. The van der Waals surface area contributed by atoms with Crippen molar-refractivity contribution in [3.8, 4) is 0 Å². The third-order valence-corrected chi connectivity index (χ3v) is 2.59. The second-order valence-electron chi connectivity index (χ2n) is 2.66. The largest absolute Gasteiger partial charge is 0.302 e. The number of hydrogen-bond acceptors (Lipinski definition) is 1. The van der Waals surface area contributed by atoms with Gasteiger partial charge < -0.3 is 4.79 Å². The van der Waals surface area contributed by atoms with Gasteiger partial charge in [0.2, 0.25) is 0 Å². The lowest BCUT2D eigenvalue weighted by Crippen LogP contribution is -2.27. The highest BCUT2D eigenvalue weighted by Gasteiger charge is 2.25. The monoisotopic (exact) mass is 168 g/mol. The maximum absolute atomic E-state index is 10.1. The van der Waals surface area contributed by atoms with Crippen LogP contribution in [-0.4, -0.2) is 17.5 Å². The van der Waals surface area contributed by atoms with Gasteiger partial charge in [-0.15, -0.1) is 23.2 Å². The van der Waals surface area contributed by atoms with Crippen LogP contribution in [0.5, 0.6) is 0 Å². The van der Waals surface area contributed by atoms with Crippen LogP contribution < -0.4 is 0 Å². The fourth-order valence-corrected chi connectivity index (χ4v) is 0.580. The van der Waals surface area contributed by atoms with Gasteiger partial charge >= 0.3 is 0 Å². The van der Waals surface area contributed by atoms with Crippen molar-refractivity contribution in [3.05, 3.63) is 0 Å². The zero-order chi connectivity index (χ0) is 7.49. The molecule has 1 unspecified atom stereocenters. The molecule has 0 aliphatic heterocycles. The zero-order valence-electron chi connectivity index (χ0n) is 5.53. The van der Waals surface area contributed by atoms with Gasteiger partial charge in [-0.1, -0.05) is 13.8 Å². The summed E-state index contributed by atoms with van der Waals surface area (Å²) in [7, 11) is 0. The van der Waals surface area contributed by atoms with E-state index in [0.717, 1.165) is 0 Å². The van der Waals surface area contributed by atoms with Crippen molar-refractivity contribution in [1.82, 2.24) is 0 Å². The Balaban J connectivity index is 3.95. The Bertz CT molecular complexity index is 101. The number of alkyl halides is 2. The number of halogens is 2. The minimum atomic E-state index is -0.477. The predicted molar refractivity (Wildman–Crippen MR) is 40.2 cm³/mol. The highest BCUT2D eigenvalue weighted by molar-refractivity contribution is 6.29. The van der Waals surface area contributed by atoms with Crippen LogP contribution in [0.15, 0.2) is 0 Å². The van der Waals surface area contributed by atoms with Crippen LogP contribution in [0.1, 0.15) is 13.8 Å². The average molecular weight is 169 g/mol. The summed E-state index contributed by atoms with van der Waals surface area (Å²) >= 11 is 11.1. The fourth-order valence-electron chi connectivity index (χ4n) is 0.258. The Morgan fingerprint density at radius 3 is 2.22 bits per heavy atom. The molecule has 0 aromatic rings. The molecule has 1 nitrogen and oxygen atoms in total. The van der Waals surface area contributed by atoms with Crippen molar-refractivity contribution in [2.75, 3.05) is 5.88 Å². The van der Waals surface area contributed by atoms with E-state index in [1.807, 2.05) is 13.8 Å². The molecule has 0 fully saturated rings. The predicted octanol–water partition coefficient (Wildman–Crippen LogP) is 2.06. The summed E-state index contributed by atoms with van der Waals surface area (Å²) in [6.07, 6.45) is 0.712. The number of hydrogen-bond donors (Lipinski definition) is 0. The fraction of sp³-hybridized carbons (Fsp3) is 0.833. The lowest BCUT2D eigenvalue weighted by molar-refractivity contribution is -0.108. The van der Waals surface area contributed by atoms with Crippen molar-refractivity contribution >= 4 is 29.5 Å². The van der Waals surface area contributed by atoms with Crippen LogP contribution in [0.3, 0.4) is 0 Å². The van der Waals surface area contributed by atoms with Crippen LogP contribution >= 0.6 is 23.2 Å². The summed E-state index contributed by atoms with van der Waals surface area (Å²) in [4.78, 5) is 10.1. The molecule has 0 radical (unpaired) electrons. The molecule has 0 aliphatic rings. The molecule has 1 atom stereocenters. The quantitative estimate of drug-likeness (QED) is 0.466. The molecule has 0 heterocycles. The minimum Gasteiger partial charge on any atom is -0.302 e. The smallest absolute Gasteiger partial charge is 0.138 e. The van der Waals surface area contributed by atoms with Gasteiger partial charge in [-0.25, -0.2) is 0 Å². The van der Waals surface area contributed by atoms with Gasteiger partial charge in [-0.05, 0) is 0 Å². The normalized spacial score (nSPS) is 15.1.